The molecule has 6 nitrogen and oxygen atoms in total. The van der Waals surface area contributed by atoms with Gasteiger partial charge in [-0.15, -0.1) is 5.10 Å². The molecule has 1 aliphatic rings. The largest absolute Gasteiger partial charge is 0.271 e. The smallest absolute Gasteiger partial charge is 0.258 e. The zero-order chi connectivity index (χ0) is 14.1. The lowest BCUT2D eigenvalue weighted by Gasteiger charge is -2.22. The van der Waals surface area contributed by atoms with E-state index in [1.807, 2.05) is 0 Å². The van der Waals surface area contributed by atoms with Gasteiger partial charge in [-0.05, 0) is 18.9 Å². The molecule has 1 heterocycles. The number of benzene rings is 1. The molecule has 0 aliphatic heterocycles. The number of thiocarbonyl (C=S) groups is 1. The van der Waals surface area contributed by atoms with Crippen molar-refractivity contribution in [3.05, 3.63) is 28.3 Å². The van der Waals surface area contributed by atoms with Crippen molar-refractivity contribution in [3.8, 4) is 0 Å². The number of aromatic nitrogens is 3. The van der Waals surface area contributed by atoms with E-state index in [2.05, 4.69) is 10.3 Å². The standard InChI is InChI=1S/C13H14N4O2S/c18-17(19)10-6-7-11-12(8-10)16(15-14-11)13(20)9-4-2-1-3-5-9/h6-9H,1-5H2. The highest BCUT2D eigenvalue weighted by Crippen LogP contribution is 2.27. The molecule has 0 saturated heterocycles. The van der Waals surface area contributed by atoms with Crippen LogP contribution in [0.4, 0.5) is 5.69 Å². The summed E-state index contributed by atoms with van der Waals surface area (Å²) in [5.74, 6) is 0.322. The van der Waals surface area contributed by atoms with Gasteiger partial charge in [0.1, 0.15) is 16.0 Å². The summed E-state index contributed by atoms with van der Waals surface area (Å²) in [6, 6.07) is 4.54. The number of nitro groups is 1. The first-order valence-corrected chi connectivity index (χ1v) is 7.12. The van der Waals surface area contributed by atoms with Crippen LogP contribution in [0.15, 0.2) is 18.2 Å². The summed E-state index contributed by atoms with van der Waals surface area (Å²) >= 11 is 5.52. The molecule has 1 aliphatic carbocycles. The van der Waals surface area contributed by atoms with Crippen LogP contribution in [0.5, 0.6) is 0 Å². The van der Waals surface area contributed by atoms with Gasteiger partial charge in [0, 0.05) is 18.1 Å². The van der Waals surface area contributed by atoms with Crippen molar-refractivity contribution in [3.63, 3.8) is 0 Å². The molecule has 0 N–H and O–H groups in total. The van der Waals surface area contributed by atoms with Crippen LogP contribution in [0.2, 0.25) is 0 Å². The molecule has 1 saturated carbocycles. The van der Waals surface area contributed by atoms with Gasteiger partial charge in [0.05, 0.1) is 4.92 Å². The Balaban J connectivity index is 2.00. The van der Waals surface area contributed by atoms with E-state index in [-0.39, 0.29) is 5.69 Å². The number of rotatable bonds is 2. The Morgan fingerprint density at radius 1 is 1.35 bits per heavy atom. The molecule has 0 bridgehead atoms. The van der Waals surface area contributed by atoms with Crippen molar-refractivity contribution in [2.24, 2.45) is 5.92 Å². The molecule has 0 radical (unpaired) electrons. The second-order valence-corrected chi connectivity index (χ2v) is 5.52. The Morgan fingerprint density at radius 3 is 2.80 bits per heavy atom. The summed E-state index contributed by atoms with van der Waals surface area (Å²) < 4.78 is 1.59. The molecule has 0 atom stereocenters. The fourth-order valence-electron chi connectivity index (χ4n) is 2.71. The third kappa shape index (κ3) is 2.29. The molecule has 2 aromatic rings. The third-order valence-electron chi connectivity index (χ3n) is 3.80. The van der Waals surface area contributed by atoms with E-state index in [0.29, 0.717) is 17.0 Å². The Kier molecular flexibility index (Phi) is 3.43. The topological polar surface area (TPSA) is 73.8 Å². The Morgan fingerprint density at radius 2 is 2.10 bits per heavy atom. The van der Waals surface area contributed by atoms with Crippen molar-refractivity contribution in [2.75, 3.05) is 0 Å². The minimum Gasteiger partial charge on any atom is -0.258 e. The molecular formula is C13H14N4O2S. The van der Waals surface area contributed by atoms with Crippen LogP contribution in [-0.2, 0) is 0 Å². The molecule has 104 valence electrons. The third-order valence-corrected chi connectivity index (χ3v) is 4.31. The fraction of sp³-hybridized carbons (Fsp3) is 0.462. The summed E-state index contributed by atoms with van der Waals surface area (Å²) in [5, 5.41) is 19.0. The van der Waals surface area contributed by atoms with E-state index < -0.39 is 4.92 Å². The number of nitro benzene ring substituents is 1. The maximum absolute atomic E-state index is 10.9. The van der Waals surface area contributed by atoms with Gasteiger partial charge in [-0.25, -0.2) is 4.68 Å². The van der Waals surface area contributed by atoms with Crippen molar-refractivity contribution in [1.82, 2.24) is 15.0 Å². The minimum atomic E-state index is -0.416. The molecule has 7 heteroatoms. The van der Waals surface area contributed by atoms with E-state index in [4.69, 9.17) is 12.2 Å². The van der Waals surface area contributed by atoms with Crippen LogP contribution in [0.1, 0.15) is 32.1 Å². The van der Waals surface area contributed by atoms with Gasteiger partial charge in [-0.2, -0.15) is 0 Å². The molecule has 20 heavy (non-hydrogen) atoms. The van der Waals surface area contributed by atoms with E-state index in [1.165, 1.54) is 31.4 Å². The second-order valence-electron chi connectivity index (χ2n) is 5.10. The van der Waals surface area contributed by atoms with Gasteiger partial charge in [0.25, 0.3) is 5.69 Å². The molecule has 1 fully saturated rings. The van der Waals surface area contributed by atoms with Gasteiger partial charge < -0.3 is 0 Å². The first-order valence-electron chi connectivity index (χ1n) is 6.71. The molecule has 0 spiro atoms. The number of non-ortho nitro benzene ring substituents is 1. The quantitative estimate of drug-likeness (QED) is 0.482. The first-order chi connectivity index (χ1) is 9.66. The summed E-state index contributed by atoms with van der Waals surface area (Å²) in [5.41, 5.74) is 1.29. The number of nitrogens with zero attached hydrogens (tertiary/aromatic N) is 4. The fourth-order valence-corrected chi connectivity index (χ4v) is 3.08. The number of hydrogen-bond donors (Lipinski definition) is 0. The van der Waals surface area contributed by atoms with Crippen LogP contribution < -0.4 is 0 Å². The lowest BCUT2D eigenvalue weighted by Crippen LogP contribution is -2.23. The molecule has 0 unspecified atom stereocenters. The lowest BCUT2D eigenvalue weighted by molar-refractivity contribution is -0.384. The van der Waals surface area contributed by atoms with Gasteiger partial charge in [-0.3, -0.25) is 10.1 Å². The SMILES string of the molecule is O=[N+]([O-])c1ccc2nnn(C(=S)C3CCCCC3)c2c1. The first kappa shape index (κ1) is 13.1. The van der Waals surface area contributed by atoms with Crippen molar-refractivity contribution < 1.29 is 4.92 Å². The molecule has 3 rings (SSSR count). The predicted molar refractivity (Wildman–Crippen MR) is 78.8 cm³/mol. The van der Waals surface area contributed by atoms with Crippen LogP contribution >= 0.6 is 12.2 Å². The van der Waals surface area contributed by atoms with Gasteiger partial charge in [0.2, 0.25) is 0 Å². The lowest BCUT2D eigenvalue weighted by atomic mass is 9.89. The van der Waals surface area contributed by atoms with Crippen LogP contribution in [0.25, 0.3) is 11.0 Å². The van der Waals surface area contributed by atoms with E-state index in [0.717, 1.165) is 17.8 Å². The Labute approximate surface area is 120 Å². The maximum Gasteiger partial charge on any atom is 0.271 e. The highest BCUT2D eigenvalue weighted by Gasteiger charge is 2.22. The minimum absolute atomic E-state index is 0.0347. The summed E-state index contributed by atoms with van der Waals surface area (Å²) in [6.07, 6.45) is 5.74. The van der Waals surface area contributed by atoms with E-state index in [1.54, 1.807) is 10.7 Å². The predicted octanol–water partition coefficient (Wildman–Crippen LogP) is 3.10. The molecule has 1 aromatic carbocycles. The Hall–Kier alpha value is -1.89. The van der Waals surface area contributed by atoms with Crippen LogP contribution in [-0.4, -0.2) is 24.9 Å². The zero-order valence-corrected chi connectivity index (χ0v) is 11.7. The molecule has 0 amide bonds. The summed E-state index contributed by atoms with van der Waals surface area (Å²) in [4.78, 5) is 11.2. The molecule has 1 aromatic heterocycles. The molecular weight excluding hydrogens is 276 g/mol. The summed E-state index contributed by atoms with van der Waals surface area (Å²) in [6.45, 7) is 0. The van der Waals surface area contributed by atoms with Crippen molar-refractivity contribution in [1.29, 1.82) is 0 Å². The zero-order valence-electron chi connectivity index (χ0n) is 10.9. The number of hydrogen-bond acceptors (Lipinski definition) is 5. The second kappa shape index (κ2) is 5.24. The van der Waals surface area contributed by atoms with Crippen LogP contribution in [0, 0.1) is 16.0 Å². The van der Waals surface area contributed by atoms with Crippen molar-refractivity contribution in [2.45, 2.75) is 32.1 Å². The highest BCUT2D eigenvalue weighted by molar-refractivity contribution is 7.80. The van der Waals surface area contributed by atoms with E-state index in [9.17, 15) is 10.1 Å². The average Bonchev–Trinajstić information content (AvgIpc) is 2.90. The highest BCUT2D eigenvalue weighted by atomic mass is 32.1. The van der Waals surface area contributed by atoms with Gasteiger partial charge in [-0.1, -0.05) is 36.7 Å². The van der Waals surface area contributed by atoms with E-state index >= 15 is 0 Å². The van der Waals surface area contributed by atoms with Gasteiger partial charge >= 0.3 is 0 Å². The number of fused-ring (bicyclic) bond motifs is 1. The monoisotopic (exact) mass is 290 g/mol. The average molecular weight is 290 g/mol. The Bertz CT molecular complexity index is 676. The van der Waals surface area contributed by atoms with Crippen molar-refractivity contribution >= 4 is 33.9 Å². The summed E-state index contributed by atoms with van der Waals surface area (Å²) in [7, 11) is 0. The van der Waals surface area contributed by atoms with Crippen LogP contribution in [0.3, 0.4) is 0 Å². The normalized spacial score (nSPS) is 16.4. The van der Waals surface area contributed by atoms with Gasteiger partial charge in [0.15, 0.2) is 0 Å². The maximum atomic E-state index is 10.9.